The summed E-state index contributed by atoms with van der Waals surface area (Å²) in [5, 5.41) is 13.5. The number of nitrogens with zero attached hydrogens (tertiary/aromatic N) is 2. The van der Waals surface area contributed by atoms with Gasteiger partial charge < -0.3 is 4.42 Å². The molecule has 1 aliphatic heterocycles. The number of furan rings is 1. The predicted octanol–water partition coefficient (Wildman–Crippen LogP) is 4.45. The predicted molar refractivity (Wildman–Crippen MR) is 120 cm³/mol. The molecule has 0 aliphatic carbocycles. The van der Waals surface area contributed by atoms with Gasteiger partial charge in [0.05, 0.1) is 10.6 Å². The number of aryl methyl sites for hydroxylation is 2. The number of hydrogen-bond donors (Lipinski definition) is 1. The van der Waals surface area contributed by atoms with E-state index in [0.717, 1.165) is 16.0 Å². The Kier molecular flexibility index (Phi) is 5.39. The molecule has 0 atom stereocenters. The zero-order valence-electron chi connectivity index (χ0n) is 18.0. The van der Waals surface area contributed by atoms with E-state index >= 15 is 0 Å². The fourth-order valence-electron chi connectivity index (χ4n) is 3.49. The Morgan fingerprint density at radius 2 is 1.70 bits per heavy atom. The lowest BCUT2D eigenvalue weighted by atomic mass is 10.0. The van der Waals surface area contributed by atoms with Crippen LogP contribution in [-0.4, -0.2) is 22.8 Å². The van der Waals surface area contributed by atoms with E-state index in [1.807, 2.05) is 6.92 Å². The summed E-state index contributed by atoms with van der Waals surface area (Å²) in [6.07, 6.45) is 1.24. The number of nitro groups is 1. The van der Waals surface area contributed by atoms with Crippen LogP contribution in [0.25, 0.3) is 17.4 Å². The number of imide groups is 2. The highest BCUT2D eigenvalue weighted by molar-refractivity contribution is 6.39. The van der Waals surface area contributed by atoms with Crippen LogP contribution in [0.3, 0.4) is 0 Å². The molecule has 1 aliphatic rings. The van der Waals surface area contributed by atoms with Crippen LogP contribution in [0.2, 0.25) is 0 Å². The maximum absolute atomic E-state index is 13.0. The molecule has 0 unspecified atom stereocenters. The normalized spacial score (nSPS) is 15.2. The van der Waals surface area contributed by atoms with Crippen molar-refractivity contribution in [3.8, 4) is 11.3 Å². The van der Waals surface area contributed by atoms with E-state index in [1.165, 1.54) is 18.2 Å². The topological polar surface area (TPSA) is 123 Å². The summed E-state index contributed by atoms with van der Waals surface area (Å²) in [4.78, 5) is 49.4. The Balaban J connectivity index is 1.69. The fourth-order valence-corrected chi connectivity index (χ4v) is 3.49. The van der Waals surface area contributed by atoms with E-state index in [-0.39, 0.29) is 17.0 Å². The number of anilines is 1. The summed E-state index contributed by atoms with van der Waals surface area (Å²) in [5.74, 6) is -1.11. The van der Waals surface area contributed by atoms with Gasteiger partial charge in [-0.2, -0.15) is 0 Å². The van der Waals surface area contributed by atoms with E-state index in [0.29, 0.717) is 22.6 Å². The smallest absolute Gasteiger partial charge is 0.335 e. The first kappa shape index (κ1) is 21.7. The molecule has 9 nitrogen and oxygen atoms in total. The van der Waals surface area contributed by atoms with E-state index < -0.39 is 22.8 Å². The first-order valence-corrected chi connectivity index (χ1v) is 9.99. The van der Waals surface area contributed by atoms with Crippen molar-refractivity contribution in [3.63, 3.8) is 0 Å². The van der Waals surface area contributed by atoms with Crippen LogP contribution in [0.5, 0.6) is 0 Å². The molecule has 166 valence electrons. The maximum atomic E-state index is 13.0. The molecule has 0 saturated carbocycles. The molecular weight excluding hydrogens is 426 g/mol. The summed E-state index contributed by atoms with van der Waals surface area (Å²) in [7, 11) is 0. The molecule has 0 spiro atoms. The van der Waals surface area contributed by atoms with Gasteiger partial charge in [0.25, 0.3) is 17.5 Å². The second-order valence-corrected chi connectivity index (χ2v) is 7.69. The Bertz CT molecular complexity index is 1350. The molecule has 2 aromatic carbocycles. The number of urea groups is 1. The van der Waals surface area contributed by atoms with Crippen LogP contribution in [0.1, 0.15) is 22.5 Å². The lowest BCUT2D eigenvalue weighted by Gasteiger charge is -2.26. The number of nitrogens with one attached hydrogen (secondary N) is 1. The zero-order chi connectivity index (χ0) is 23.9. The first-order valence-electron chi connectivity index (χ1n) is 9.99. The fraction of sp³-hybridized carbons (Fsp3) is 0.125. The molecule has 4 amide bonds. The van der Waals surface area contributed by atoms with Gasteiger partial charge in [0.15, 0.2) is 0 Å². The molecule has 1 fully saturated rings. The molecule has 4 rings (SSSR count). The SMILES string of the molecule is Cc1ccc(N2C(=O)NC(=O)/C(=C\c3ccc(-c4cc(C)c(C)c([N+](=O)[O-])c4)o3)C2=O)cc1. The van der Waals surface area contributed by atoms with E-state index in [4.69, 9.17) is 4.42 Å². The number of rotatable bonds is 4. The molecule has 1 aromatic heterocycles. The molecule has 33 heavy (non-hydrogen) atoms. The van der Waals surface area contributed by atoms with Crippen molar-refractivity contribution in [1.82, 2.24) is 5.32 Å². The van der Waals surface area contributed by atoms with Gasteiger partial charge in [0, 0.05) is 17.2 Å². The van der Waals surface area contributed by atoms with E-state index in [1.54, 1.807) is 50.2 Å². The van der Waals surface area contributed by atoms with Crippen molar-refractivity contribution in [2.75, 3.05) is 4.90 Å². The molecule has 0 radical (unpaired) electrons. The van der Waals surface area contributed by atoms with E-state index in [9.17, 15) is 24.5 Å². The minimum atomic E-state index is -0.840. The first-order chi connectivity index (χ1) is 15.7. The summed E-state index contributed by atoms with van der Waals surface area (Å²) in [6.45, 7) is 5.30. The molecule has 1 N–H and O–H groups in total. The van der Waals surface area contributed by atoms with Gasteiger partial charge in [-0.05, 0) is 62.7 Å². The van der Waals surface area contributed by atoms with E-state index in [2.05, 4.69) is 5.32 Å². The van der Waals surface area contributed by atoms with Gasteiger partial charge in [-0.25, -0.2) is 9.69 Å². The quantitative estimate of drug-likeness (QED) is 0.274. The third-order valence-corrected chi connectivity index (χ3v) is 5.43. The van der Waals surface area contributed by atoms with Gasteiger partial charge >= 0.3 is 6.03 Å². The molecule has 0 bridgehead atoms. The third kappa shape index (κ3) is 4.03. The van der Waals surface area contributed by atoms with Crippen LogP contribution in [0.15, 0.2) is 58.5 Å². The van der Waals surface area contributed by atoms with Crippen LogP contribution >= 0.6 is 0 Å². The highest BCUT2D eigenvalue weighted by Crippen LogP contribution is 2.31. The zero-order valence-corrected chi connectivity index (χ0v) is 18.0. The summed E-state index contributed by atoms with van der Waals surface area (Å²) in [6, 6.07) is 12.2. The number of carbonyl (C=O) groups is 3. The minimum Gasteiger partial charge on any atom is -0.457 e. The highest BCUT2D eigenvalue weighted by atomic mass is 16.6. The van der Waals surface area contributed by atoms with Crippen LogP contribution in [-0.2, 0) is 9.59 Å². The second kappa shape index (κ2) is 8.19. The number of benzene rings is 2. The summed E-state index contributed by atoms with van der Waals surface area (Å²) in [5.41, 5.74) is 2.74. The minimum absolute atomic E-state index is 0.0320. The van der Waals surface area contributed by atoms with Crippen LogP contribution in [0, 0.1) is 30.9 Å². The molecule has 2 heterocycles. The average Bonchev–Trinajstić information content (AvgIpc) is 3.22. The Hall–Kier alpha value is -4.53. The molecule has 3 aromatic rings. The summed E-state index contributed by atoms with van der Waals surface area (Å²) < 4.78 is 5.75. The van der Waals surface area contributed by atoms with Gasteiger partial charge in [0.1, 0.15) is 17.1 Å². The van der Waals surface area contributed by atoms with Gasteiger partial charge in [-0.15, -0.1) is 0 Å². The number of nitro benzene ring substituents is 1. The Labute approximate surface area is 188 Å². The van der Waals surface area contributed by atoms with Crippen molar-refractivity contribution in [2.45, 2.75) is 20.8 Å². The van der Waals surface area contributed by atoms with Crippen molar-refractivity contribution in [1.29, 1.82) is 0 Å². The van der Waals surface area contributed by atoms with Crippen LogP contribution in [0.4, 0.5) is 16.2 Å². The number of hydrogen-bond acceptors (Lipinski definition) is 6. The largest absolute Gasteiger partial charge is 0.457 e. The van der Waals surface area contributed by atoms with Gasteiger partial charge in [0.2, 0.25) is 0 Å². The number of barbiturate groups is 1. The number of carbonyl (C=O) groups excluding carboxylic acids is 3. The lowest BCUT2D eigenvalue weighted by molar-refractivity contribution is -0.385. The monoisotopic (exact) mass is 445 g/mol. The van der Waals surface area contributed by atoms with Crippen LogP contribution < -0.4 is 10.2 Å². The maximum Gasteiger partial charge on any atom is 0.335 e. The molecule has 1 saturated heterocycles. The Morgan fingerprint density at radius 3 is 2.36 bits per heavy atom. The summed E-state index contributed by atoms with van der Waals surface area (Å²) >= 11 is 0. The average molecular weight is 445 g/mol. The van der Waals surface area contributed by atoms with Crippen molar-refractivity contribution in [2.24, 2.45) is 0 Å². The second-order valence-electron chi connectivity index (χ2n) is 7.69. The van der Waals surface area contributed by atoms with Gasteiger partial charge in [-0.1, -0.05) is 17.7 Å². The van der Waals surface area contributed by atoms with Crippen molar-refractivity contribution < 1.29 is 23.7 Å². The third-order valence-electron chi connectivity index (χ3n) is 5.43. The van der Waals surface area contributed by atoms with Crippen molar-refractivity contribution >= 4 is 35.3 Å². The van der Waals surface area contributed by atoms with Crippen molar-refractivity contribution in [3.05, 3.63) is 86.7 Å². The van der Waals surface area contributed by atoms with Gasteiger partial charge in [-0.3, -0.25) is 25.0 Å². The highest BCUT2D eigenvalue weighted by Gasteiger charge is 2.37. The molecular formula is C24H19N3O6. The lowest BCUT2D eigenvalue weighted by Crippen LogP contribution is -2.54. The number of amides is 4. The standard InChI is InChI=1S/C24H19N3O6/c1-13-4-6-17(7-5-13)26-23(29)19(22(28)25-24(26)30)12-18-8-9-21(33-18)16-10-14(2)15(3)20(11-16)27(31)32/h4-12H,1-3H3,(H,25,28,30)/b19-12+. The molecule has 9 heteroatoms. The Morgan fingerprint density at radius 1 is 1.00 bits per heavy atom.